The minimum Gasteiger partial charge on any atom is -0.444 e. The maximum atomic E-state index is 12.9. The van der Waals surface area contributed by atoms with Crippen molar-refractivity contribution in [2.75, 3.05) is 52.1 Å². The van der Waals surface area contributed by atoms with Crippen LogP contribution in [0.1, 0.15) is 39.2 Å². The van der Waals surface area contributed by atoms with E-state index in [0.29, 0.717) is 50.8 Å². The average molecular weight is 551 g/mol. The van der Waals surface area contributed by atoms with Gasteiger partial charge in [-0.1, -0.05) is 6.08 Å². The first-order valence-electron chi connectivity index (χ1n) is 13.8. The number of fused-ring (bicyclic) bond motifs is 1. The number of H-pyrrole nitrogens is 1. The first-order chi connectivity index (χ1) is 19.3. The van der Waals surface area contributed by atoms with Crippen LogP contribution in [0.4, 0.5) is 10.6 Å². The molecule has 2 aliphatic rings. The number of hydrogen-bond donors (Lipinski definition) is 2. The minimum atomic E-state index is -0.316. The van der Waals surface area contributed by atoms with Crippen LogP contribution in [0.15, 0.2) is 30.9 Å². The highest BCUT2D eigenvalue weighted by Gasteiger charge is 2.31. The maximum absolute atomic E-state index is 12.9. The van der Waals surface area contributed by atoms with Gasteiger partial charge in [-0.15, -0.1) is 0 Å². The number of amides is 2. The van der Waals surface area contributed by atoms with Crippen molar-refractivity contribution in [2.45, 2.75) is 51.3 Å². The molecule has 2 amide bonds. The third-order valence-corrected chi connectivity index (χ3v) is 7.28. The Balaban J connectivity index is 1.16. The lowest BCUT2D eigenvalue weighted by molar-refractivity contribution is -0.125. The number of carbonyl (C=O) groups excluding carboxylic acids is 2. The summed E-state index contributed by atoms with van der Waals surface area (Å²) in [5, 5.41) is 10.4. The molecule has 3 aromatic heterocycles. The van der Waals surface area contributed by atoms with E-state index in [1.807, 2.05) is 29.6 Å². The number of likely N-dealkylation sites (tertiary alicyclic amines) is 2. The van der Waals surface area contributed by atoms with Gasteiger partial charge in [-0.25, -0.2) is 19.7 Å². The molecule has 0 aromatic carbocycles. The number of piperidine rings is 1. The van der Waals surface area contributed by atoms with Gasteiger partial charge in [0.15, 0.2) is 17.3 Å². The predicted octanol–water partition coefficient (Wildman–Crippen LogP) is 2.53. The predicted molar refractivity (Wildman–Crippen MR) is 151 cm³/mol. The van der Waals surface area contributed by atoms with E-state index in [-0.39, 0.29) is 30.2 Å². The zero-order chi connectivity index (χ0) is 28.2. The summed E-state index contributed by atoms with van der Waals surface area (Å²) >= 11 is 0. The van der Waals surface area contributed by atoms with Crippen molar-refractivity contribution in [3.8, 4) is 11.4 Å². The molecule has 0 aliphatic carbocycles. The number of hydrogen-bond acceptors (Lipinski definition) is 9. The lowest BCUT2D eigenvalue weighted by atomic mass is 10.1. The number of anilines is 1. The van der Waals surface area contributed by atoms with Crippen LogP contribution in [0.3, 0.4) is 0 Å². The van der Waals surface area contributed by atoms with Crippen molar-refractivity contribution in [2.24, 2.45) is 0 Å². The molecule has 40 heavy (non-hydrogen) atoms. The van der Waals surface area contributed by atoms with Gasteiger partial charge in [0.2, 0.25) is 5.91 Å². The van der Waals surface area contributed by atoms with Crippen LogP contribution in [0.2, 0.25) is 0 Å². The van der Waals surface area contributed by atoms with Crippen LogP contribution in [0, 0.1) is 0 Å². The molecule has 2 N–H and O–H groups in total. The highest BCUT2D eigenvalue weighted by Crippen LogP contribution is 2.27. The zero-order valence-corrected chi connectivity index (χ0v) is 23.6. The summed E-state index contributed by atoms with van der Waals surface area (Å²) in [4.78, 5) is 44.9. The van der Waals surface area contributed by atoms with Crippen molar-refractivity contribution in [1.29, 1.82) is 0 Å². The standard InChI is InChI=1S/C27H38N10O3/c1-18(2)37-17-28-23-25(32-24(33-26(23)37)19-14-29-30-15-19)31-20-7-11-35(12-8-20)27(39)40-21-9-13-36(16-21)22(38)6-5-10-34(3)4/h5-6,14-15,17-18,20-21H,7-13,16H2,1-4H3,(H,29,30)(H,31,32,33). The van der Waals surface area contributed by atoms with E-state index in [2.05, 4.69) is 34.3 Å². The summed E-state index contributed by atoms with van der Waals surface area (Å²) in [6, 6.07) is 0.320. The fourth-order valence-electron chi connectivity index (χ4n) is 5.01. The van der Waals surface area contributed by atoms with Crippen molar-refractivity contribution < 1.29 is 14.3 Å². The molecule has 3 aromatic rings. The first kappa shape index (κ1) is 27.6. The Bertz CT molecular complexity index is 1340. The van der Waals surface area contributed by atoms with Crippen molar-refractivity contribution >= 4 is 29.0 Å². The molecule has 0 spiro atoms. The summed E-state index contributed by atoms with van der Waals surface area (Å²) in [7, 11) is 3.91. The van der Waals surface area contributed by atoms with Gasteiger partial charge in [0, 0.05) is 57.0 Å². The second-order valence-corrected chi connectivity index (χ2v) is 10.9. The monoisotopic (exact) mass is 550 g/mol. The molecule has 2 fully saturated rings. The van der Waals surface area contributed by atoms with Gasteiger partial charge in [0.25, 0.3) is 0 Å². The number of nitrogens with zero attached hydrogens (tertiary/aromatic N) is 8. The van der Waals surface area contributed by atoms with Crippen LogP contribution in [-0.4, -0.2) is 115 Å². The number of ether oxygens (including phenoxy) is 1. The lowest BCUT2D eigenvalue weighted by Crippen LogP contribution is -2.44. The Morgan fingerprint density at radius 3 is 2.65 bits per heavy atom. The normalized spacial score (nSPS) is 18.5. The zero-order valence-electron chi connectivity index (χ0n) is 23.6. The molecule has 5 heterocycles. The van der Waals surface area contributed by atoms with Gasteiger partial charge in [-0.3, -0.25) is 9.89 Å². The van der Waals surface area contributed by atoms with Gasteiger partial charge in [-0.2, -0.15) is 5.10 Å². The van der Waals surface area contributed by atoms with E-state index < -0.39 is 0 Å². The average Bonchev–Trinajstić information content (AvgIpc) is 3.69. The molecule has 0 bridgehead atoms. The van der Waals surface area contributed by atoms with Gasteiger partial charge < -0.3 is 29.3 Å². The van der Waals surface area contributed by atoms with Crippen LogP contribution < -0.4 is 5.32 Å². The quantitative estimate of drug-likeness (QED) is 0.405. The summed E-state index contributed by atoms with van der Waals surface area (Å²) in [5.74, 6) is 1.21. The molecule has 2 aliphatic heterocycles. The molecule has 1 unspecified atom stereocenters. The molecular weight excluding hydrogens is 512 g/mol. The van der Waals surface area contributed by atoms with E-state index in [9.17, 15) is 9.59 Å². The van der Waals surface area contributed by atoms with E-state index in [4.69, 9.17) is 14.7 Å². The molecule has 214 valence electrons. The second kappa shape index (κ2) is 12.0. The molecule has 0 saturated carbocycles. The van der Waals surface area contributed by atoms with E-state index in [1.54, 1.807) is 34.6 Å². The Kier molecular flexibility index (Phi) is 8.29. The van der Waals surface area contributed by atoms with Gasteiger partial charge >= 0.3 is 6.09 Å². The van der Waals surface area contributed by atoms with E-state index in [1.165, 1.54) is 0 Å². The summed E-state index contributed by atoms with van der Waals surface area (Å²) in [6.07, 6.45) is 10.3. The fourth-order valence-corrected chi connectivity index (χ4v) is 5.01. The summed E-state index contributed by atoms with van der Waals surface area (Å²) < 4.78 is 7.80. The molecule has 13 heteroatoms. The number of aromatic nitrogens is 6. The Morgan fingerprint density at radius 2 is 1.95 bits per heavy atom. The molecule has 13 nitrogen and oxygen atoms in total. The molecule has 1 atom stereocenters. The maximum Gasteiger partial charge on any atom is 0.410 e. The molecule has 2 saturated heterocycles. The van der Waals surface area contributed by atoms with Crippen LogP contribution in [0.5, 0.6) is 0 Å². The van der Waals surface area contributed by atoms with Crippen LogP contribution >= 0.6 is 0 Å². The van der Waals surface area contributed by atoms with Crippen LogP contribution in [-0.2, 0) is 9.53 Å². The third kappa shape index (κ3) is 6.24. The largest absolute Gasteiger partial charge is 0.444 e. The van der Waals surface area contributed by atoms with E-state index in [0.717, 1.165) is 29.6 Å². The molecule has 0 radical (unpaired) electrons. The van der Waals surface area contributed by atoms with Gasteiger partial charge in [-0.05, 0) is 40.8 Å². The van der Waals surface area contributed by atoms with Crippen LogP contribution in [0.25, 0.3) is 22.6 Å². The Labute approximate surface area is 233 Å². The topological polar surface area (TPSA) is 137 Å². The summed E-state index contributed by atoms with van der Waals surface area (Å²) in [5.41, 5.74) is 2.29. The Morgan fingerprint density at radius 1 is 1.18 bits per heavy atom. The minimum absolute atomic E-state index is 0.0414. The lowest BCUT2D eigenvalue weighted by Gasteiger charge is -2.32. The third-order valence-electron chi connectivity index (χ3n) is 7.28. The molecule has 5 rings (SSSR count). The van der Waals surface area contributed by atoms with Crippen molar-refractivity contribution in [3.63, 3.8) is 0 Å². The SMILES string of the molecule is CC(C)n1cnc2c(NC3CCN(C(=O)OC4CCN(C(=O)C=CCN(C)C)C4)CC3)nc(-c3cn[nH]c3)nc21. The number of likely N-dealkylation sites (N-methyl/N-ethyl adjacent to an activating group) is 1. The smallest absolute Gasteiger partial charge is 0.410 e. The number of rotatable bonds is 8. The van der Waals surface area contributed by atoms with Crippen molar-refractivity contribution in [3.05, 3.63) is 30.9 Å². The highest BCUT2D eigenvalue weighted by atomic mass is 16.6. The molecular formula is C27H38N10O3. The van der Waals surface area contributed by atoms with Crippen molar-refractivity contribution in [1.82, 2.24) is 44.4 Å². The second-order valence-electron chi connectivity index (χ2n) is 10.9. The van der Waals surface area contributed by atoms with Gasteiger partial charge in [0.05, 0.1) is 24.6 Å². The fraction of sp³-hybridized carbons (Fsp3) is 0.556. The number of carbonyl (C=O) groups is 2. The highest BCUT2D eigenvalue weighted by molar-refractivity contribution is 5.88. The number of nitrogens with one attached hydrogen (secondary N) is 2. The number of aromatic amines is 1. The first-order valence-corrected chi connectivity index (χ1v) is 13.8. The summed E-state index contributed by atoms with van der Waals surface area (Å²) in [6.45, 7) is 7.05. The van der Waals surface area contributed by atoms with Gasteiger partial charge in [0.1, 0.15) is 11.6 Å². The van der Waals surface area contributed by atoms with E-state index >= 15 is 0 Å². The Hall–Kier alpha value is -4.00. The number of imidazole rings is 1.